The van der Waals surface area contributed by atoms with Crippen molar-refractivity contribution < 1.29 is 42.2 Å². The minimum absolute atomic E-state index is 0.0343. The number of hydrogen-bond acceptors (Lipinski definition) is 7. The molecule has 1 aliphatic carbocycles. The molecule has 0 spiro atoms. The fourth-order valence-electron chi connectivity index (χ4n) is 4.49. The quantitative estimate of drug-likeness (QED) is 0.267. The van der Waals surface area contributed by atoms with E-state index in [-0.39, 0.29) is 32.0 Å². The molecule has 10 nitrogen and oxygen atoms in total. The highest BCUT2D eigenvalue weighted by molar-refractivity contribution is 5.93. The molecule has 232 valence electrons. The fraction of sp³-hybridized carbons (Fsp3) is 0.452. The summed E-state index contributed by atoms with van der Waals surface area (Å²) < 4.78 is 37.0. The second kappa shape index (κ2) is 15.8. The van der Waals surface area contributed by atoms with E-state index < -0.39 is 71.8 Å². The lowest BCUT2D eigenvalue weighted by atomic mass is 10.0. The number of rotatable bonds is 15. The van der Waals surface area contributed by atoms with E-state index in [0.717, 1.165) is 17.7 Å². The first kappa shape index (κ1) is 33.2. The van der Waals surface area contributed by atoms with Crippen molar-refractivity contribution in [2.24, 2.45) is 11.8 Å². The number of benzene rings is 2. The molecule has 2 unspecified atom stereocenters. The van der Waals surface area contributed by atoms with Crippen LogP contribution in [0.4, 0.5) is 8.78 Å². The highest BCUT2D eigenvalue weighted by Crippen LogP contribution is 2.47. The standard InChI is InChI=1S/C31H37F2N3O7/c1-4-42-27(38)13-12-25(31(41)43-17-19-8-6-5-7-9-19)35-30(40)28(18(2)3)36-26(37)16-34-29(39)22-15-21(22)20-10-11-23(32)24(33)14-20/h5-11,14,18,21-22,25,28H,4,12-13,15-17H2,1-3H3,(H,34,39)(H,35,40)(H,36,37)/t21?,22?,25-,28+/m1/s1. The van der Waals surface area contributed by atoms with Crippen LogP contribution in [-0.4, -0.2) is 54.9 Å². The van der Waals surface area contributed by atoms with Crippen molar-refractivity contribution >= 4 is 29.7 Å². The lowest BCUT2D eigenvalue weighted by Gasteiger charge is -2.25. The van der Waals surface area contributed by atoms with Gasteiger partial charge in [0.25, 0.3) is 0 Å². The van der Waals surface area contributed by atoms with Crippen LogP contribution < -0.4 is 16.0 Å². The molecule has 3 rings (SSSR count). The normalized spacial score (nSPS) is 16.9. The first-order chi connectivity index (χ1) is 20.5. The predicted molar refractivity (Wildman–Crippen MR) is 151 cm³/mol. The van der Waals surface area contributed by atoms with Gasteiger partial charge in [-0.15, -0.1) is 0 Å². The molecule has 1 fully saturated rings. The van der Waals surface area contributed by atoms with Crippen LogP contribution in [0.25, 0.3) is 0 Å². The maximum absolute atomic E-state index is 13.5. The summed E-state index contributed by atoms with van der Waals surface area (Å²) in [4.78, 5) is 63.2. The van der Waals surface area contributed by atoms with E-state index >= 15 is 0 Å². The van der Waals surface area contributed by atoms with Crippen LogP contribution in [0.5, 0.6) is 0 Å². The van der Waals surface area contributed by atoms with Crippen LogP contribution >= 0.6 is 0 Å². The Labute approximate surface area is 248 Å². The number of ether oxygens (including phenoxy) is 2. The molecule has 12 heteroatoms. The average molecular weight is 602 g/mol. The molecule has 0 aliphatic heterocycles. The third kappa shape index (κ3) is 10.2. The summed E-state index contributed by atoms with van der Waals surface area (Å²) in [5.74, 6) is -6.13. The van der Waals surface area contributed by atoms with Crippen LogP contribution in [0.2, 0.25) is 0 Å². The molecular weight excluding hydrogens is 564 g/mol. The number of carbonyl (C=O) groups is 5. The summed E-state index contributed by atoms with van der Waals surface area (Å²) in [5, 5.41) is 7.67. The highest BCUT2D eigenvalue weighted by Gasteiger charge is 2.44. The van der Waals surface area contributed by atoms with E-state index in [9.17, 15) is 32.8 Å². The van der Waals surface area contributed by atoms with Crippen LogP contribution in [0.1, 0.15) is 57.1 Å². The van der Waals surface area contributed by atoms with Crippen molar-refractivity contribution in [1.82, 2.24) is 16.0 Å². The second-order valence-electron chi connectivity index (χ2n) is 10.6. The van der Waals surface area contributed by atoms with Gasteiger partial charge in [-0.2, -0.15) is 0 Å². The molecule has 43 heavy (non-hydrogen) atoms. The maximum Gasteiger partial charge on any atom is 0.328 e. The Morgan fingerprint density at radius 1 is 0.953 bits per heavy atom. The van der Waals surface area contributed by atoms with Crippen molar-refractivity contribution in [3.8, 4) is 0 Å². The van der Waals surface area contributed by atoms with Gasteiger partial charge in [0.05, 0.1) is 13.2 Å². The van der Waals surface area contributed by atoms with Gasteiger partial charge < -0.3 is 25.4 Å². The van der Waals surface area contributed by atoms with Gasteiger partial charge in [-0.05, 0) is 54.9 Å². The van der Waals surface area contributed by atoms with Gasteiger partial charge in [0.2, 0.25) is 17.7 Å². The van der Waals surface area contributed by atoms with Crippen LogP contribution in [0.15, 0.2) is 48.5 Å². The number of esters is 2. The Morgan fingerprint density at radius 3 is 2.33 bits per heavy atom. The van der Waals surface area contributed by atoms with Crippen molar-refractivity contribution in [3.63, 3.8) is 0 Å². The smallest absolute Gasteiger partial charge is 0.328 e. The molecule has 3 amide bonds. The Kier molecular flexibility index (Phi) is 12.2. The Balaban J connectivity index is 1.55. The second-order valence-corrected chi connectivity index (χ2v) is 10.6. The molecule has 0 aromatic heterocycles. The molecule has 0 heterocycles. The summed E-state index contributed by atoms with van der Waals surface area (Å²) >= 11 is 0. The number of amides is 3. The Morgan fingerprint density at radius 2 is 1.67 bits per heavy atom. The highest BCUT2D eigenvalue weighted by atomic mass is 19.2. The van der Waals surface area contributed by atoms with Crippen LogP contribution in [0, 0.1) is 23.5 Å². The van der Waals surface area contributed by atoms with Gasteiger partial charge in [-0.25, -0.2) is 13.6 Å². The number of hydrogen-bond donors (Lipinski definition) is 3. The third-order valence-corrected chi connectivity index (χ3v) is 6.96. The van der Waals surface area contributed by atoms with Crippen molar-refractivity contribution in [3.05, 3.63) is 71.3 Å². The maximum atomic E-state index is 13.5. The lowest BCUT2D eigenvalue weighted by molar-refractivity contribution is -0.150. The first-order valence-electron chi connectivity index (χ1n) is 14.2. The number of carbonyl (C=O) groups excluding carboxylic acids is 5. The topological polar surface area (TPSA) is 140 Å². The largest absolute Gasteiger partial charge is 0.466 e. The van der Waals surface area contributed by atoms with E-state index in [1.165, 1.54) is 6.07 Å². The molecule has 2 aromatic rings. The van der Waals surface area contributed by atoms with Gasteiger partial charge in [0, 0.05) is 12.3 Å². The fourth-order valence-corrected chi connectivity index (χ4v) is 4.49. The van der Waals surface area contributed by atoms with Gasteiger partial charge in [0.1, 0.15) is 18.7 Å². The molecule has 0 saturated heterocycles. The van der Waals surface area contributed by atoms with Gasteiger partial charge >= 0.3 is 11.9 Å². The molecule has 1 saturated carbocycles. The summed E-state index contributed by atoms with van der Waals surface area (Å²) in [6.07, 6.45) is 0.216. The SMILES string of the molecule is CCOC(=O)CC[C@@H](NC(=O)[C@@H](NC(=O)CNC(=O)C1CC1c1ccc(F)c(F)c1)C(C)C)C(=O)OCc1ccccc1. The van der Waals surface area contributed by atoms with Crippen molar-refractivity contribution in [1.29, 1.82) is 0 Å². The Hall–Kier alpha value is -4.35. The molecule has 4 atom stereocenters. The predicted octanol–water partition coefficient (Wildman–Crippen LogP) is 2.90. The van der Waals surface area contributed by atoms with E-state index in [1.807, 2.05) is 6.07 Å². The van der Waals surface area contributed by atoms with E-state index in [2.05, 4.69) is 16.0 Å². The summed E-state index contributed by atoms with van der Waals surface area (Å²) in [7, 11) is 0. The molecule has 3 N–H and O–H groups in total. The van der Waals surface area contributed by atoms with Crippen molar-refractivity contribution in [2.75, 3.05) is 13.2 Å². The summed E-state index contributed by atoms with van der Waals surface area (Å²) in [6, 6.07) is 10.2. The van der Waals surface area contributed by atoms with E-state index in [4.69, 9.17) is 9.47 Å². The van der Waals surface area contributed by atoms with Gasteiger partial charge in [0.15, 0.2) is 11.6 Å². The zero-order chi connectivity index (χ0) is 31.5. The van der Waals surface area contributed by atoms with Crippen LogP contribution in [-0.2, 0) is 40.1 Å². The van der Waals surface area contributed by atoms with Gasteiger partial charge in [-0.1, -0.05) is 50.2 Å². The molecule has 0 bridgehead atoms. The zero-order valence-corrected chi connectivity index (χ0v) is 24.4. The molecular formula is C31H37F2N3O7. The molecule has 2 aromatic carbocycles. The zero-order valence-electron chi connectivity index (χ0n) is 24.4. The van der Waals surface area contributed by atoms with Crippen molar-refractivity contribution in [2.45, 2.75) is 64.6 Å². The van der Waals surface area contributed by atoms with Crippen LogP contribution in [0.3, 0.4) is 0 Å². The molecule has 0 radical (unpaired) electrons. The summed E-state index contributed by atoms with van der Waals surface area (Å²) in [6.45, 7) is 4.76. The monoisotopic (exact) mass is 601 g/mol. The molecule has 1 aliphatic rings. The average Bonchev–Trinajstić information content (AvgIpc) is 3.78. The van der Waals surface area contributed by atoms with E-state index in [1.54, 1.807) is 45.0 Å². The third-order valence-electron chi connectivity index (χ3n) is 6.96. The minimum atomic E-state index is -1.18. The minimum Gasteiger partial charge on any atom is -0.466 e. The lowest BCUT2D eigenvalue weighted by Crippen LogP contribution is -2.55. The number of nitrogens with one attached hydrogen (secondary N) is 3. The number of halogens is 2. The summed E-state index contributed by atoms with van der Waals surface area (Å²) in [5.41, 5.74) is 1.24. The van der Waals surface area contributed by atoms with Gasteiger partial charge in [-0.3, -0.25) is 19.2 Å². The van der Waals surface area contributed by atoms with E-state index in [0.29, 0.717) is 12.0 Å². The first-order valence-corrected chi connectivity index (χ1v) is 14.2. The Bertz CT molecular complexity index is 1310.